The maximum absolute atomic E-state index is 5.62. The van der Waals surface area contributed by atoms with E-state index in [1.807, 2.05) is 6.92 Å². The lowest BCUT2D eigenvalue weighted by Crippen LogP contribution is -2.37. The fourth-order valence-corrected chi connectivity index (χ4v) is 1.53. The molecule has 0 aromatic rings. The van der Waals surface area contributed by atoms with Gasteiger partial charge >= 0.3 is 0 Å². The molecular weight excluding hydrogens is 190 g/mol. The predicted octanol–water partition coefficient (Wildman–Crippen LogP) is 0.234. The van der Waals surface area contributed by atoms with Gasteiger partial charge < -0.3 is 20.3 Å². The van der Waals surface area contributed by atoms with E-state index in [0.717, 1.165) is 26.2 Å². The van der Waals surface area contributed by atoms with E-state index in [1.165, 1.54) is 6.42 Å². The van der Waals surface area contributed by atoms with Gasteiger partial charge in [-0.15, -0.1) is 0 Å². The van der Waals surface area contributed by atoms with Gasteiger partial charge in [-0.05, 0) is 47.6 Å². The van der Waals surface area contributed by atoms with Crippen molar-refractivity contribution in [3.8, 4) is 0 Å². The molecule has 0 rings (SSSR count). The molecule has 0 fully saturated rings. The number of ether oxygens (including phenoxy) is 1. The molecule has 0 spiro atoms. The molecule has 4 nitrogen and oxygen atoms in total. The van der Waals surface area contributed by atoms with Crippen LogP contribution in [-0.2, 0) is 4.74 Å². The molecule has 0 aromatic heterocycles. The number of nitrogens with zero attached hydrogens (tertiary/aromatic N) is 2. The van der Waals surface area contributed by atoms with Crippen LogP contribution in [0.5, 0.6) is 0 Å². The number of nitrogens with two attached hydrogens (primary N) is 1. The third-order valence-electron chi connectivity index (χ3n) is 2.33. The summed E-state index contributed by atoms with van der Waals surface area (Å²) in [6, 6.07) is 0. The molecule has 0 bridgehead atoms. The first-order valence-corrected chi connectivity index (χ1v) is 5.75. The number of rotatable bonds is 9. The molecule has 1 unspecified atom stereocenters. The van der Waals surface area contributed by atoms with E-state index < -0.39 is 0 Å². The lowest BCUT2D eigenvalue weighted by molar-refractivity contribution is 0.0447. The third-order valence-corrected chi connectivity index (χ3v) is 2.33. The molecule has 1 atom stereocenters. The molecule has 0 amide bonds. The number of hydrogen-bond acceptors (Lipinski definition) is 4. The molecule has 0 saturated carbocycles. The molecule has 4 heteroatoms. The Morgan fingerprint density at radius 1 is 1.20 bits per heavy atom. The van der Waals surface area contributed by atoms with Crippen molar-refractivity contribution >= 4 is 0 Å². The van der Waals surface area contributed by atoms with Crippen molar-refractivity contribution in [3.05, 3.63) is 0 Å². The van der Waals surface area contributed by atoms with Crippen LogP contribution in [0.25, 0.3) is 0 Å². The standard InChI is InChI=1S/C11H27N3O/c1-5-15-11(9-12)10-14(4)8-6-7-13(2)3/h11H,5-10,12H2,1-4H3. The van der Waals surface area contributed by atoms with Crippen LogP contribution in [0.4, 0.5) is 0 Å². The summed E-state index contributed by atoms with van der Waals surface area (Å²) in [5.41, 5.74) is 5.62. The minimum absolute atomic E-state index is 0.180. The van der Waals surface area contributed by atoms with Gasteiger partial charge in [0.05, 0.1) is 6.10 Å². The summed E-state index contributed by atoms with van der Waals surface area (Å²) in [4.78, 5) is 4.49. The predicted molar refractivity (Wildman–Crippen MR) is 65.1 cm³/mol. The fraction of sp³-hybridized carbons (Fsp3) is 1.00. The summed E-state index contributed by atoms with van der Waals surface area (Å²) in [7, 11) is 6.32. The average molecular weight is 217 g/mol. The van der Waals surface area contributed by atoms with E-state index in [-0.39, 0.29) is 6.10 Å². The minimum atomic E-state index is 0.180. The highest BCUT2D eigenvalue weighted by molar-refractivity contribution is 4.64. The smallest absolute Gasteiger partial charge is 0.0823 e. The Bertz CT molecular complexity index is 142. The second-order valence-electron chi connectivity index (χ2n) is 4.23. The van der Waals surface area contributed by atoms with Crippen molar-refractivity contribution in [2.75, 3.05) is 53.9 Å². The van der Waals surface area contributed by atoms with Crippen LogP contribution in [0.3, 0.4) is 0 Å². The van der Waals surface area contributed by atoms with Crippen LogP contribution < -0.4 is 5.73 Å². The van der Waals surface area contributed by atoms with E-state index >= 15 is 0 Å². The maximum Gasteiger partial charge on any atom is 0.0823 e. The molecule has 0 saturated heterocycles. The molecule has 0 heterocycles. The topological polar surface area (TPSA) is 41.7 Å². The zero-order valence-corrected chi connectivity index (χ0v) is 10.7. The van der Waals surface area contributed by atoms with Gasteiger partial charge in [-0.25, -0.2) is 0 Å². The molecule has 0 aliphatic rings. The highest BCUT2D eigenvalue weighted by atomic mass is 16.5. The van der Waals surface area contributed by atoms with E-state index in [2.05, 4.69) is 30.9 Å². The molecule has 0 radical (unpaired) electrons. The Morgan fingerprint density at radius 2 is 1.87 bits per heavy atom. The lowest BCUT2D eigenvalue weighted by Gasteiger charge is -2.23. The fourth-order valence-electron chi connectivity index (χ4n) is 1.53. The first-order chi connectivity index (χ1) is 7.10. The summed E-state index contributed by atoms with van der Waals surface area (Å²) in [6.45, 7) is 6.51. The zero-order chi connectivity index (χ0) is 11.7. The lowest BCUT2D eigenvalue weighted by atomic mass is 10.3. The van der Waals surface area contributed by atoms with Crippen molar-refractivity contribution in [1.82, 2.24) is 9.80 Å². The van der Waals surface area contributed by atoms with Crippen LogP contribution in [0.15, 0.2) is 0 Å². The normalized spacial score (nSPS) is 13.8. The van der Waals surface area contributed by atoms with Crippen LogP contribution in [-0.4, -0.2) is 69.8 Å². The molecule has 0 aliphatic carbocycles. The Morgan fingerprint density at radius 3 is 2.33 bits per heavy atom. The van der Waals surface area contributed by atoms with Crippen molar-refractivity contribution in [2.24, 2.45) is 5.73 Å². The summed E-state index contributed by atoms with van der Waals surface area (Å²) in [5.74, 6) is 0. The van der Waals surface area contributed by atoms with Gasteiger partial charge in [-0.2, -0.15) is 0 Å². The number of hydrogen-bond donors (Lipinski definition) is 1. The highest BCUT2D eigenvalue weighted by Gasteiger charge is 2.09. The van der Waals surface area contributed by atoms with Crippen LogP contribution in [0, 0.1) is 0 Å². The van der Waals surface area contributed by atoms with Crippen LogP contribution >= 0.6 is 0 Å². The van der Waals surface area contributed by atoms with E-state index in [1.54, 1.807) is 0 Å². The summed E-state index contributed by atoms with van der Waals surface area (Å²) >= 11 is 0. The molecular formula is C11H27N3O. The SMILES string of the molecule is CCOC(CN)CN(C)CCCN(C)C. The van der Waals surface area contributed by atoms with E-state index in [0.29, 0.717) is 6.54 Å². The second-order valence-corrected chi connectivity index (χ2v) is 4.23. The first-order valence-electron chi connectivity index (χ1n) is 5.75. The Hall–Kier alpha value is -0.160. The third kappa shape index (κ3) is 8.81. The van der Waals surface area contributed by atoms with Gasteiger partial charge in [0.25, 0.3) is 0 Å². The number of likely N-dealkylation sites (N-methyl/N-ethyl adjacent to an activating group) is 1. The second kappa shape index (κ2) is 9.09. The van der Waals surface area contributed by atoms with Gasteiger partial charge in [-0.3, -0.25) is 0 Å². The summed E-state index contributed by atoms with van der Waals surface area (Å²) in [6.07, 6.45) is 1.37. The summed E-state index contributed by atoms with van der Waals surface area (Å²) < 4.78 is 5.51. The molecule has 0 aromatic carbocycles. The van der Waals surface area contributed by atoms with Gasteiger partial charge in [0.15, 0.2) is 0 Å². The van der Waals surface area contributed by atoms with E-state index in [4.69, 9.17) is 10.5 Å². The quantitative estimate of drug-likeness (QED) is 0.600. The van der Waals surface area contributed by atoms with Crippen LogP contribution in [0.1, 0.15) is 13.3 Å². The monoisotopic (exact) mass is 217 g/mol. The van der Waals surface area contributed by atoms with Gasteiger partial charge in [0, 0.05) is 19.7 Å². The van der Waals surface area contributed by atoms with Gasteiger partial charge in [0.1, 0.15) is 0 Å². The van der Waals surface area contributed by atoms with Crippen molar-refractivity contribution < 1.29 is 4.74 Å². The maximum atomic E-state index is 5.62. The van der Waals surface area contributed by atoms with Crippen LogP contribution in [0.2, 0.25) is 0 Å². The average Bonchev–Trinajstić information content (AvgIpc) is 2.16. The first kappa shape index (κ1) is 14.8. The largest absolute Gasteiger partial charge is 0.376 e. The zero-order valence-electron chi connectivity index (χ0n) is 10.7. The summed E-state index contributed by atoms with van der Waals surface area (Å²) in [5, 5.41) is 0. The molecule has 2 N–H and O–H groups in total. The molecule has 15 heavy (non-hydrogen) atoms. The van der Waals surface area contributed by atoms with Gasteiger partial charge in [-0.1, -0.05) is 0 Å². The molecule has 92 valence electrons. The van der Waals surface area contributed by atoms with Crippen molar-refractivity contribution in [3.63, 3.8) is 0 Å². The van der Waals surface area contributed by atoms with Crippen molar-refractivity contribution in [1.29, 1.82) is 0 Å². The highest BCUT2D eigenvalue weighted by Crippen LogP contribution is 1.96. The Balaban J connectivity index is 3.56. The van der Waals surface area contributed by atoms with Crippen molar-refractivity contribution in [2.45, 2.75) is 19.4 Å². The Labute approximate surface area is 94.4 Å². The van der Waals surface area contributed by atoms with E-state index in [9.17, 15) is 0 Å². The van der Waals surface area contributed by atoms with Gasteiger partial charge in [0.2, 0.25) is 0 Å². The molecule has 0 aliphatic heterocycles. The minimum Gasteiger partial charge on any atom is -0.376 e. The Kier molecular flexibility index (Phi) is 9.00.